The van der Waals surface area contributed by atoms with E-state index < -0.39 is 5.54 Å². The van der Waals surface area contributed by atoms with E-state index in [0.29, 0.717) is 26.1 Å². The van der Waals surface area contributed by atoms with Crippen molar-refractivity contribution in [3.63, 3.8) is 0 Å². The number of nitrogens with zero attached hydrogens (tertiary/aromatic N) is 3. The Bertz CT molecular complexity index is 533. The Morgan fingerprint density at radius 3 is 2.36 bits per heavy atom. The Morgan fingerprint density at radius 2 is 1.84 bits per heavy atom. The van der Waals surface area contributed by atoms with Gasteiger partial charge in [-0.15, -0.1) is 48.6 Å². The van der Waals surface area contributed by atoms with Crippen LogP contribution >= 0.6 is 48.6 Å². The van der Waals surface area contributed by atoms with Crippen LogP contribution in [0.2, 0.25) is 0 Å². The molecule has 0 bridgehead atoms. The smallest absolute Gasteiger partial charge is 0.242 e. The van der Waals surface area contributed by atoms with E-state index in [0.717, 1.165) is 43.4 Å². The molecule has 1 aromatic rings. The largest absolute Gasteiger partial charge is 0.381 e. The van der Waals surface area contributed by atoms with Gasteiger partial charge in [-0.05, 0) is 19.8 Å². The molecule has 146 valence electrons. The molecule has 3 heterocycles. The molecule has 0 aromatic carbocycles. The number of halogens is 3. The van der Waals surface area contributed by atoms with Gasteiger partial charge in [-0.3, -0.25) is 9.69 Å². The van der Waals surface area contributed by atoms with Crippen molar-refractivity contribution in [3.05, 3.63) is 16.1 Å². The predicted molar refractivity (Wildman–Crippen MR) is 107 cm³/mol. The number of carbonyl (C=O) groups excluding carboxylic acids is 1. The molecule has 0 saturated carbocycles. The van der Waals surface area contributed by atoms with Crippen molar-refractivity contribution in [2.24, 2.45) is 5.73 Å². The molecule has 0 radical (unpaired) electrons. The van der Waals surface area contributed by atoms with Crippen LogP contribution in [0.25, 0.3) is 0 Å². The van der Waals surface area contributed by atoms with Gasteiger partial charge in [0.15, 0.2) is 0 Å². The van der Waals surface area contributed by atoms with Crippen molar-refractivity contribution in [2.45, 2.75) is 31.8 Å². The monoisotopic (exact) mass is 432 g/mol. The highest BCUT2D eigenvalue weighted by molar-refractivity contribution is 7.09. The summed E-state index contributed by atoms with van der Waals surface area (Å²) >= 11 is 1.69. The molecule has 6 nitrogen and oxygen atoms in total. The lowest BCUT2D eigenvalue weighted by Crippen LogP contribution is -2.61. The van der Waals surface area contributed by atoms with E-state index in [-0.39, 0.29) is 43.1 Å². The highest BCUT2D eigenvalue weighted by Gasteiger charge is 2.39. The van der Waals surface area contributed by atoms with Gasteiger partial charge in [-0.2, -0.15) is 0 Å². The molecular formula is C15H27Cl3N4O2S. The fourth-order valence-corrected chi connectivity index (χ4v) is 3.69. The third-order valence-corrected chi connectivity index (χ3v) is 5.34. The first kappa shape index (κ1) is 24.8. The first-order chi connectivity index (χ1) is 10.6. The SMILES string of the molecule is Cc1nc(CN2CCN(C(=O)C3(N)CCOCC3)CC2)cs1.Cl.Cl.Cl. The normalized spacial score (nSPS) is 20.0. The number of piperazine rings is 1. The number of aromatic nitrogens is 1. The Hall–Kier alpha value is -0.150. The van der Waals surface area contributed by atoms with Crippen LogP contribution in [-0.2, 0) is 16.1 Å². The Morgan fingerprint density at radius 1 is 1.24 bits per heavy atom. The molecule has 2 N–H and O–H groups in total. The average molecular weight is 434 g/mol. The lowest BCUT2D eigenvalue weighted by molar-refractivity contribution is -0.142. The van der Waals surface area contributed by atoms with Crippen LogP contribution in [0.1, 0.15) is 23.5 Å². The molecule has 0 aliphatic carbocycles. The quantitative estimate of drug-likeness (QED) is 0.788. The zero-order valence-corrected chi connectivity index (χ0v) is 17.6. The first-order valence-electron chi connectivity index (χ1n) is 7.86. The maximum atomic E-state index is 12.7. The number of aryl methyl sites for hydroxylation is 1. The van der Waals surface area contributed by atoms with E-state index >= 15 is 0 Å². The van der Waals surface area contributed by atoms with E-state index in [1.807, 2.05) is 11.8 Å². The van der Waals surface area contributed by atoms with Crippen LogP contribution in [0.5, 0.6) is 0 Å². The maximum absolute atomic E-state index is 12.7. The van der Waals surface area contributed by atoms with Gasteiger partial charge in [0.05, 0.1) is 16.2 Å². The molecule has 2 aliphatic rings. The molecule has 25 heavy (non-hydrogen) atoms. The summed E-state index contributed by atoms with van der Waals surface area (Å²) in [5.41, 5.74) is 6.71. The first-order valence-corrected chi connectivity index (χ1v) is 8.74. The molecule has 10 heteroatoms. The average Bonchev–Trinajstić information content (AvgIpc) is 2.93. The van der Waals surface area contributed by atoms with Crippen molar-refractivity contribution in [3.8, 4) is 0 Å². The molecule has 1 amide bonds. The van der Waals surface area contributed by atoms with Crippen molar-refractivity contribution in [1.82, 2.24) is 14.8 Å². The number of carbonyl (C=O) groups is 1. The highest BCUT2D eigenvalue weighted by atomic mass is 35.5. The van der Waals surface area contributed by atoms with E-state index in [4.69, 9.17) is 10.5 Å². The molecule has 0 atom stereocenters. The molecular weight excluding hydrogens is 407 g/mol. The van der Waals surface area contributed by atoms with Gasteiger partial charge in [-0.1, -0.05) is 0 Å². The van der Waals surface area contributed by atoms with E-state index in [2.05, 4.69) is 15.3 Å². The van der Waals surface area contributed by atoms with Crippen LogP contribution in [0.15, 0.2) is 5.38 Å². The van der Waals surface area contributed by atoms with Crippen LogP contribution in [0.4, 0.5) is 0 Å². The summed E-state index contributed by atoms with van der Waals surface area (Å²) in [6.07, 6.45) is 1.26. The zero-order valence-electron chi connectivity index (χ0n) is 14.3. The Balaban J connectivity index is 0.00000192. The highest BCUT2D eigenvalue weighted by Crippen LogP contribution is 2.21. The number of nitrogens with two attached hydrogens (primary N) is 1. The van der Waals surface area contributed by atoms with Crippen molar-refractivity contribution in [1.29, 1.82) is 0 Å². The lowest BCUT2D eigenvalue weighted by Gasteiger charge is -2.40. The molecule has 2 fully saturated rings. The molecule has 0 unspecified atom stereocenters. The minimum atomic E-state index is -0.716. The molecule has 1 aromatic heterocycles. The van der Waals surface area contributed by atoms with Crippen molar-refractivity contribution < 1.29 is 9.53 Å². The van der Waals surface area contributed by atoms with Gasteiger partial charge in [0.1, 0.15) is 0 Å². The second-order valence-corrected chi connectivity index (χ2v) is 7.26. The molecule has 3 rings (SSSR count). The molecule has 0 spiro atoms. The van der Waals surface area contributed by atoms with Gasteiger partial charge in [0.2, 0.25) is 5.91 Å². The van der Waals surface area contributed by atoms with Crippen LogP contribution < -0.4 is 5.73 Å². The van der Waals surface area contributed by atoms with Crippen molar-refractivity contribution in [2.75, 3.05) is 39.4 Å². The Kier molecular flexibility index (Phi) is 10.8. The fraction of sp³-hybridized carbons (Fsp3) is 0.733. The third kappa shape index (κ3) is 6.20. The summed E-state index contributed by atoms with van der Waals surface area (Å²) in [6, 6.07) is 0. The topological polar surface area (TPSA) is 71.7 Å². The fourth-order valence-electron chi connectivity index (χ4n) is 3.08. The minimum Gasteiger partial charge on any atom is -0.381 e. The zero-order chi connectivity index (χ0) is 15.6. The van der Waals surface area contributed by atoms with E-state index in [9.17, 15) is 4.79 Å². The van der Waals surface area contributed by atoms with Crippen molar-refractivity contribution >= 4 is 54.5 Å². The number of hydrogen-bond acceptors (Lipinski definition) is 6. The van der Waals surface area contributed by atoms with Crippen LogP contribution in [0, 0.1) is 6.92 Å². The van der Waals surface area contributed by atoms with Gasteiger partial charge in [0, 0.05) is 51.3 Å². The molecule has 2 saturated heterocycles. The summed E-state index contributed by atoms with van der Waals surface area (Å²) in [5.74, 6) is 0.0972. The molecule has 2 aliphatic heterocycles. The summed E-state index contributed by atoms with van der Waals surface area (Å²) in [6.45, 7) is 7.34. The number of rotatable bonds is 3. The lowest BCUT2D eigenvalue weighted by atomic mass is 9.89. The number of amides is 1. The van der Waals surface area contributed by atoms with Gasteiger partial charge in [-0.25, -0.2) is 4.98 Å². The summed E-state index contributed by atoms with van der Waals surface area (Å²) in [4.78, 5) is 21.4. The maximum Gasteiger partial charge on any atom is 0.242 e. The van der Waals surface area contributed by atoms with Gasteiger partial charge >= 0.3 is 0 Å². The van der Waals surface area contributed by atoms with Crippen LogP contribution in [-0.4, -0.2) is 65.6 Å². The second kappa shape index (κ2) is 10.9. The Labute approximate surface area is 171 Å². The summed E-state index contributed by atoms with van der Waals surface area (Å²) < 4.78 is 5.32. The summed E-state index contributed by atoms with van der Waals surface area (Å²) in [5, 5.41) is 3.22. The standard InChI is InChI=1S/C15H24N4O2S.3ClH/c1-12-17-13(11-22-12)10-18-4-6-19(7-5-18)14(20)15(16)2-8-21-9-3-15;;;/h11H,2-10,16H2,1H3;3*1H. The van der Waals surface area contributed by atoms with Crippen LogP contribution in [0.3, 0.4) is 0 Å². The third-order valence-electron chi connectivity index (χ3n) is 4.52. The number of thiazole rings is 1. The second-order valence-electron chi connectivity index (χ2n) is 6.19. The number of ether oxygens (including phenoxy) is 1. The minimum absolute atomic E-state index is 0. The summed E-state index contributed by atoms with van der Waals surface area (Å²) in [7, 11) is 0. The van der Waals surface area contributed by atoms with Gasteiger partial charge in [0.25, 0.3) is 0 Å². The van der Waals surface area contributed by atoms with E-state index in [1.54, 1.807) is 11.3 Å². The van der Waals surface area contributed by atoms with Gasteiger partial charge < -0.3 is 15.4 Å². The number of hydrogen-bond donors (Lipinski definition) is 1. The predicted octanol–water partition coefficient (Wildman–Crippen LogP) is 1.87. The van der Waals surface area contributed by atoms with E-state index in [1.165, 1.54) is 0 Å².